The Kier molecular flexibility index (Phi) is 3.33. The summed E-state index contributed by atoms with van der Waals surface area (Å²) in [6.07, 6.45) is 7.23. The Labute approximate surface area is 116 Å². The van der Waals surface area contributed by atoms with E-state index in [9.17, 15) is 0 Å². The van der Waals surface area contributed by atoms with Crippen LogP contribution in [0.1, 0.15) is 24.6 Å². The molecule has 0 amide bonds. The monoisotopic (exact) mass is 278 g/mol. The van der Waals surface area contributed by atoms with Gasteiger partial charge in [0.25, 0.3) is 0 Å². The largest absolute Gasteiger partial charge is 0.340 e. The second-order valence-electron chi connectivity index (χ2n) is 4.79. The third-order valence-corrected chi connectivity index (χ3v) is 3.62. The molecule has 2 aromatic rings. The molecule has 2 aromatic heterocycles. The SMILES string of the molecule is Cn1cnnc1C1CCCN(c2ncc(Cl)cn2)C1. The van der Waals surface area contributed by atoms with Crippen LogP contribution in [0.2, 0.25) is 5.02 Å². The van der Waals surface area contributed by atoms with Gasteiger partial charge in [0, 0.05) is 26.1 Å². The summed E-state index contributed by atoms with van der Waals surface area (Å²) in [5.41, 5.74) is 0. The topological polar surface area (TPSA) is 59.7 Å². The van der Waals surface area contributed by atoms with Crippen LogP contribution in [0.4, 0.5) is 5.95 Å². The molecule has 6 nitrogen and oxygen atoms in total. The highest BCUT2D eigenvalue weighted by atomic mass is 35.5. The Morgan fingerprint density at radius 1 is 1.32 bits per heavy atom. The number of aromatic nitrogens is 5. The fourth-order valence-electron chi connectivity index (χ4n) is 2.50. The Morgan fingerprint density at radius 3 is 2.79 bits per heavy atom. The summed E-state index contributed by atoms with van der Waals surface area (Å²) in [6.45, 7) is 1.84. The predicted octanol–water partition coefficient (Wildman–Crippen LogP) is 1.64. The number of anilines is 1. The number of aryl methyl sites for hydroxylation is 1. The first kappa shape index (κ1) is 12.3. The highest BCUT2D eigenvalue weighted by Gasteiger charge is 2.25. The van der Waals surface area contributed by atoms with Crippen LogP contribution in [0.15, 0.2) is 18.7 Å². The van der Waals surface area contributed by atoms with Gasteiger partial charge in [-0.2, -0.15) is 0 Å². The average Bonchev–Trinajstić information content (AvgIpc) is 2.86. The molecule has 1 fully saturated rings. The van der Waals surface area contributed by atoms with Gasteiger partial charge in [-0.25, -0.2) is 9.97 Å². The van der Waals surface area contributed by atoms with Gasteiger partial charge in [-0.3, -0.25) is 0 Å². The normalized spacial score (nSPS) is 19.7. The van der Waals surface area contributed by atoms with E-state index in [1.807, 2.05) is 11.6 Å². The van der Waals surface area contributed by atoms with Crippen molar-refractivity contribution in [2.75, 3.05) is 18.0 Å². The van der Waals surface area contributed by atoms with Gasteiger partial charge in [0.2, 0.25) is 5.95 Å². The van der Waals surface area contributed by atoms with Crippen molar-refractivity contribution in [1.82, 2.24) is 24.7 Å². The van der Waals surface area contributed by atoms with Crippen LogP contribution < -0.4 is 4.90 Å². The lowest BCUT2D eigenvalue weighted by Crippen LogP contribution is -2.36. The van der Waals surface area contributed by atoms with Gasteiger partial charge in [0.15, 0.2) is 0 Å². The van der Waals surface area contributed by atoms with Crippen molar-refractivity contribution in [2.24, 2.45) is 7.05 Å². The minimum atomic E-state index is 0.375. The van der Waals surface area contributed by atoms with Crippen molar-refractivity contribution >= 4 is 17.5 Å². The first-order valence-corrected chi connectivity index (χ1v) is 6.68. The standard InChI is InChI=1S/C12H15ClN6/c1-18-8-16-17-11(18)9-3-2-4-19(7-9)12-14-5-10(13)6-15-12/h5-6,8-9H,2-4,7H2,1H3. The fraction of sp³-hybridized carbons (Fsp3) is 0.500. The number of hydrogen-bond acceptors (Lipinski definition) is 5. The summed E-state index contributed by atoms with van der Waals surface area (Å²) in [7, 11) is 1.98. The number of piperidine rings is 1. The lowest BCUT2D eigenvalue weighted by molar-refractivity contribution is 0.475. The molecule has 1 unspecified atom stereocenters. The zero-order valence-electron chi connectivity index (χ0n) is 10.7. The first-order valence-electron chi connectivity index (χ1n) is 6.30. The summed E-state index contributed by atoms with van der Waals surface area (Å²) in [4.78, 5) is 10.7. The van der Waals surface area contributed by atoms with Crippen molar-refractivity contribution in [3.05, 3.63) is 29.6 Å². The molecule has 0 spiro atoms. The van der Waals surface area contributed by atoms with Crippen molar-refractivity contribution in [3.8, 4) is 0 Å². The van der Waals surface area contributed by atoms with E-state index >= 15 is 0 Å². The van der Waals surface area contributed by atoms with E-state index in [1.165, 1.54) is 0 Å². The molecule has 1 atom stereocenters. The van der Waals surface area contributed by atoms with Crippen LogP contribution in [0, 0.1) is 0 Å². The molecule has 0 N–H and O–H groups in total. The van der Waals surface area contributed by atoms with Crippen LogP contribution in [-0.4, -0.2) is 37.8 Å². The van der Waals surface area contributed by atoms with Gasteiger partial charge in [0.1, 0.15) is 12.2 Å². The van der Waals surface area contributed by atoms with Gasteiger partial charge in [-0.1, -0.05) is 11.6 Å². The molecule has 3 heterocycles. The highest BCUT2D eigenvalue weighted by Crippen LogP contribution is 2.27. The molecule has 0 bridgehead atoms. The van der Waals surface area contributed by atoms with Crippen LogP contribution >= 0.6 is 11.6 Å². The Bertz CT molecular complexity index is 552. The molecule has 0 radical (unpaired) electrons. The summed E-state index contributed by atoms with van der Waals surface area (Å²) in [5.74, 6) is 2.13. The lowest BCUT2D eigenvalue weighted by atomic mass is 9.97. The summed E-state index contributed by atoms with van der Waals surface area (Å²) in [5, 5.41) is 8.72. The number of halogens is 1. The maximum atomic E-state index is 5.82. The van der Waals surface area contributed by atoms with E-state index < -0.39 is 0 Å². The lowest BCUT2D eigenvalue weighted by Gasteiger charge is -2.32. The minimum absolute atomic E-state index is 0.375. The second kappa shape index (κ2) is 5.13. The summed E-state index contributed by atoms with van der Waals surface area (Å²) < 4.78 is 1.98. The number of nitrogens with zero attached hydrogens (tertiary/aromatic N) is 6. The van der Waals surface area contributed by atoms with Gasteiger partial charge < -0.3 is 9.47 Å². The van der Waals surface area contributed by atoms with Crippen molar-refractivity contribution in [1.29, 1.82) is 0 Å². The molecule has 3 rings (SSSR count). The van der Waals surface area contributed by atoms with Crippen molar-refractivity contribution in [2.45, 2.75) is 18.8 Å². The molecule has 100 valence electrons. The van der Waals surface area contributed by atoms with Gasteiger partial charge in [-0.15, -0.1) is 10.2 Å². The fourth-order valence-corrected chi connectivity index (χ4v) is 2.60. The second-order valence-corrected chi connectivity index (χ2v) is 5.22. The molecule has 7 heteroatoms. The van der Waals surface area contributed by atoms with Crippen molar-refractivity contribution < 1.29 is 0 Å². The summed E-state index contributed by atoms with van der Waals surface area (Å²) >= 11 is 5.82. The van der Waals surface area contributed by atoms with Gasteiger partial charge in [0.05, 0.1) is 17.4 Å². The quantitative estimate of drug-likeness (QED) is 0.836. The molecule has 0 aliphatic carbocycles. The minimum Gasteiger partial charge on any atom is -0.340 e. The Balaban J connectivity index is 1.78. The Hall–Kier alpha value is -1.69. The maximum Gasteiger partial charge on any atom is 0.225 e. The van der Waals surface area contributed by atoms with Crippen LogP contribution in [0.25, 0.3) is 0 Å². The van der Waals surface area contributed by atoms with Gasteiger partial charge >= 0.3 is 0 Å². The average molecular weight is 279 g/mol. The van der Waals surface area contributed by atoms with E-state index in [0.29, 0.717) is 10.9 Å². The molecule has 19 heavy (non-hydrogen) atoms. The van der Waals surface area contributed by atoms with E-state index in [4.69, 9.17) is 11.6 Å². The molecule has 1 aliphatic heterocycles. The smallest absolute Gasteiger partial charge is 0.225 e. The first-order chi connectivity index (χ1) is 9.24. The van der Waals surface area contributed by atoms with Gasteiger partial charge in [-0.05, 0) is 12.8 Å². The van der Waals surface area contributed by atoms with Crippen molar-refractivity contribution in [3.63, 3.8) is 0 Å². The van der Waals surface area contributed by atoms with E-state index in [0.717, 1.165) is 37.7 Å². The van der Waals surface area contributed by atoms with Crippen LogP contribution in [-0.2, 0) is 7.05 Å². The molecule has 0 saturated carbocycles. The molecular formula is C12H15ClN6. The molecule has 1 saturated heterocycles. The third-order valence-electron chi connectivity index (χ3n) is 3.42. The zero-order chi connectivity index (χ0) is 13.2. The molecular weight excluding hydrogens is 264 g/mol. The highest BCUT2D eigenvalue weighted by molar-refractivity contribution is 6.30. The van der Waals surface area contributed by atoms with E-state index in [2.05, 4.69) is 25.1 Å². The predicted molar refractivity (Wildman–Crippen MR) is 72.2 cm³/mol. The maximum absolute atomic E-state index is 5.82. The Morgan fingerprint density at radius 2 is 2.11 bits per heavy atom. The van der Waals surface area contributed by atoms with E-state index in [-0.39, 0.29) is 0 Å². The third kappa shape index (κ3) is 2.53. The van der Waals surface area contributed by atoms with E-state index in [1.54, 1.807) is 18.7 Å². The zero-order valence-corrected chi connectivity index (χ0v) is 11.5. The van der Waals surface area contributed by atoms with Crippen LogP contribution in [0.5, 0.6) is 0 Å². The summed E-state index contributed by atoms with van der Waals surface area (Å²) in [6, 6.07) is 0. The molecule has 0 aromatic carbocycles. The van der Waals surface area contributed by atoms with Crippen LogP contribution in [0.3, 0.4) is 0 Å². The number of hydrogen-bond donors (Lipinski definition) is 0. The number of rotatable bonds is 2. The molecule has 1 aliphatic rings.